The van der Waals surface area contributed by atoms with Crippen LogP contribution in [-0.2, 0) is 4.79 Å². The van der Waals surface area contributed by atoms with E-state index in [2.05, 4.69) is 0 Å². The Morgan fingerprint density at radius 1 is 1.15 bits per heavy atom. The average Bonchev–Trinajstić information content (AvgIpc) is 1.82. The standard InChI is InChI=1S/C10H18O3/c1-9(2,3)7(11)6-8(12)10(4,5)13/h6,11,13H,1-5H3. The van der Waals surface area contributed by atoms with Gasteiger partial charge in [-0.1, -0.05) is 20.8 Å². The minimum atomic E-state index is -1.42. The zero-order valence-electron chi connectivity index (χ0n) is 8.88. The summed E-state index contributed by atoms with van der Waals surface area (Å²) in [5.74, 6) is -0.500. The molecule has 0 aliphatic heterocycles. The van der Waals surface area contributed by atoms with Crippen LogP contribution in [0.25, 0.3) is 0 Å². The molecule has 2 N–H and O–H groups in total. The normalized spacial score (nSPS) is 14.5. The fourth-order valence-electron chi connectivity index (χ4n) is 0.517. The zero-order valence-corrected chi connectivity index (χ0v) is 8.88. The molecule has 13 heavy (non-hydrogen) atoms. The lowest BCUT2D eigenvalue weighted by Crippen LogP contribution is -2.30. The predicted octanol–water partition coefficient (Wildman–Crippen LogP) is 1.81. The topological polar surface area (TPSA) is 57.5 Å². The van der Waals surface area contributed by atoms with Crippen molar-refractivity contribution in [2.24, 2.45) is 5.41 Å². The summed E-state index contributed by atoms with van der Waals surface area (Å²) in [6.07, 6.45) is 1.08. The predicted molar refractivity (Wildman–Crippen MR) is 51.5 cm³/mol. The second-order valence-corrected chi connectivity index (χ2v) is 4.70. The van der Waals surface area contributed by atoms with Crippen LogP contribution >= 0.6 is 0 Å². The second-order valence-electron chi connectivity index (χ2n) is 4.70. The Hall–Kier alpha value is -0.830. The van der Waals surface area contributed by atoms with Gasteiger partial charge in [-0.2, -0.15) is 0 Å². The van der Waals surface area contributed by atoms with E-state index in [4.69, 9.17) is 0 Å². The van der Waals surface area contributed by atoms with Crippen molar-refractivity contribution in [2.45, 2.75) is 40.2 Å². The van der Waals surface area contributed by atoms with Gasteiger partial charge in [0.25, 0.3) is 0 Å². The summed E-state index contributed by atoms with van der Waals surface area (Å²) in [6.45, 7) is 8.15. The maximum atomic E-state index is 11.2. The third-order valence-electron chi connectivity index (χ3n) is 1.64. The number of rotatable bonds is 2. The van der Waals surface area contributed by atoms with Crippen LogP contribution in [0.1, 0.15) is 34.6 Å². The van der Waals surface area contributed by atoms with Crippen molar-refractivity contribution in [3.63, 3.8) is 0 Å². The van der Waals surface area contributed by atoms with Crippen molar-refractivity contribution in [3.05, 3.63) is 11.8 Å². The number of aliphatic hydroxyl groups excluding tert-OH is 1. The van der Waals surface area contributed by atoms with Crippen molar-refractivity contribution < 1.29 is 15.0 Å². The summed E-state index contributed by atoms with van der Waals surface area (Å²) in [5, 5.41) is 18.7. The van der Waals surface area contributed by atoms with Crippen LogP contribution in [0.5, 0.6) is 0 Å². The van der Waals surface area contributed by atoms with Crippen molar-refractivity contribution in [2.75, 3.05) is 0 Å². The van der Waals surface area contributed by atoms with E-state index < -0.39 is 16.8 Å². The fourth-order valence-corrected chi connectivity index (χ4v) is 0.517. The number of carbonyl (C=O) groups excluding carboxylic acids is 1. The van der Waals surface area contributed by atoms with Gasteiger partial charge in [-0.05, 0) is 13.8 Å². The molecule has 76 valence electrons. The maximum absolute atomic E-state index is 11.2. The molecule has 0 aromatic rings. The minimum absolute atomic E-state index is 0.0142. The smallest absolute Gasteiger partial charge is 0.189 e. The average molecular weight is 186 g/mol. The van der Waals surface area contributed by atoms with Gasteiger partial charge >= 0.3 is 0 Å². The first-order chi connectivity index (χ1) is 5.55. The van der Waals surface area contributed by atoms with Crippen LogP contribution in [0.3, 0.4) is 0 Å². The molecule has 0 fully saturated rings. The molecule has 0 bridgehead atoms. The summed E-state index contributed by atoms with van der Waals surface area (Å²) >= 11 is 0. The van der Waals surface area contributed by atoms with E-state index in [9.17, 15) is 15.0 Å². The van der Waals surface area contributed by atoms with Gasteiger partial charge in [0.05, 0.1) is 0 Å². The molecule has 0 saturated heterocycles. The Labute approximate surface area is 79.1 Å². The Morgan fingerprint density at radius 2 is 1.54 bits per heavy atom. The van der Waals surface area contributed by atoms with Crippen LogP contribution in [-0.4, -0.2) is 21.6 Å². The van der Waals surface area contributed by atoms with Crippen molar-refractivity contribution in [1.29, 1.82) is 0 Å². The minimum Gasteiger partial charge on any atom is -0.512 e. The van der Waals surface area contributed by atoms with Gasteiger partial charge in [-0.15, -0.1) is 0 Å². The third-order valence-corrected chi connectivity index (χ3v) is 1.64. The molecule has 0 rings (SSSR count). The molecule has 0 aliphatic carbocycles. The Kier molecular flexibility index (Phi) is 3.28. The van der Waals surface area contributed by atoms with Crippen LogP contribution in [0.15, 0.2) is 11.8 Å². The lowest BCUT2D eigenvalue weighted by molar-refractivity contribution is -0.129. The quantitative estimate of drug-likeness (QED) is 0.511. The lowest BCUT2D eigenvalue weighted by Gasteiger charge is -2.19. The molecular formula is C10H18O3. The highest BCUT2D eigenvalue weighted by molar-refractivity contribution is 5.96. The summed E-state index contributed by atoms with van der Waals surface area (Å²) in [7, 11) is 0. The highest BCUT2D eigenvalue weighted by Gasteiger charge is 2.25. The van der Waals surface area contributed by atoms with E-state index in [-0.39, 0.29) is 5.76 Å². The molecule has 3 nitrogen and oxygen atoms in total. The number of allylic oxidation sites excluding steroid dienone is 1. The van der Waals surface area contributed by atoms with Crippen molar-refractivity contribution in [3.8, 4) is 0 Å². The van der Waals surface area contributed by atoms with Gasteiger partial charge in [-0.3, -0.25) is 4.79 Å². The van der Waals surface area contributed by atoms with Gasteiger partial charge in [0.15, 0.2) is 5.78 Å². The summed E-state index contributed by atoms with van der Waals surface area (Å²) in [6, 6.07) is 0. The second kappa shape index (κ2) is 3.50. The number of carbonyl (C=O) groups is 1. The third kappa shape index (κ3) is 4.08. The lowest BCUT2D eigenvalue weighted by atomic mass is 9.91. The Morgan fingerprint density at radius 3 is 1.77 bits per heavy atom. The monoisotopic (exact) mass is 186 g/mol. The van der Waals surface area contributed by atoms with E-state index >= 15 is 0 Å². The van der Waals surface area contributed by atoms with E-state index in [0.29, 0.717) is 0 Å². The molecule has 0 unspecified atom stereocenters. The van der Waals surface area contributed by atoms with Crippen LogP contribution in [0.2, 0.25) is 0 Å². The summed E-state index contributed by atoms with van der Waals surface area (Å²) in [4.78, 5) is 11.2. The largest absolute Gasteiger partial charge is 0.512 e. The Balaban J connectivity index is 4.70. The van der Waals surface area contributed by atoms with E-state index in [1.165, 1.54) is 13.8 Å². The molecule has 0 radical (unpaired) electrons. The fraction of sp³-hybridized carbons (Fsp3) is 0.700. The highest BCUT2D eigenvalue weighted by atomic mass is 16.3. The first-order valence-electron chi connectivity index (χ1n) is 4.23. The molecule has 0 atom stereocenters. The zero-order chi connectivity index (χ0) is 10.9. The molecule has 0 spiro atoms. The Bertz CT molecular complexity index is 226. The molecular weight excluding hydrogens is 168 g/mol. The number of aliphatic hydroxyl groups is 2. The SMILES string of the molecule is CC(C)(C)C(O)=CC(=O)C(C)(C)O. The number of ketones is 1. The molecule has 3 heteroatoms. The highest BCUT2D eigenvalue weighted by Crippen LogP contribution is 2.23. The van der Waals surface area contributed by atoms with Gasteiger partial charge < -0.3 is 10.2 Å². The molecule has 0 aromatic carbocycles. The molecule has 0 saturated carbocycles. The first-order valence-corrected chi connectivity index (χ1v) is 4.23. The molecule has 0 aromatic heterocycles. The summed E-state index contributed by atoms with van der Waals surface area (Å²) in [5.41, 5.74) is -1.87. The van der Waals surface area contributed by atoms with Crippen LogP contribution in [0, 0.1) is 5.41 Å². The van der Waals surface area contributed by atoms with Crippen molar-refractivity contribution in [1.82, 2.24) is 0 Å². The van der Waals surface area contributed by atoms with Gasteiger partial charge in [0, 0.05) is 11.5 Å². The van der Waals surface area contributed by atoms with Crippen LogP contribution < -0.4 is 0 Å². The maximum Gasteiger partial charge on any atom is 0.189 e. The summed E-state index contributed by atoms with van der Waals surface area (Å²) < 4.78 is 0. The molecule has 0 heterocycles. The van der Waals surface area contributed by atoms with Gasteiger partial charge in [0.1, 0.15) is 11.4 Å². The van der Waals surface area contributed by atoms with Gasteiger partial charge in [0.2, 0.25) is 0 Å². The van der Waals surface area contributed by atoms with Crippen molar-refractivity contribution >= 4 is 5.78 Å². The van der Waals surface area contributed by atoms with E-state index in [0.717, 1.165) is 6.08 Å². The van der Waals surface area contributed by atoms with E-state index in [1.807, 2.05) is 0 Å². The molecule has 0 aliphatic rings. The van der Waals surface area contributed by atoms with Crippen LogP contribution in [0.4, 0.5) is 0 Å². The number of hydrogen-bond donors (Lipinski definition) is 2. The first kappa shape index (κ1) is 12.2. The number of hydrogen-bond acceptors (Lipinski definition) is 3. The molecule has 0 amide bonds. The van der Waals surface area contributed by atoms with E-state index in [1.54, 1.807) is 20.8 Å². The van der Waals surface area contributed by atoms with Gasteiger partial charge in [-0.25, -0.2) is 0 Å².